The fraction of sp³-hybridized carbons (Fsp3) is 0.467. The van der Waals surface area contributed by atoms with Crippen molar-refractivity contribution in [2.45, 2.75) is 46.2 Å². The number of nitrogens with zero attached hydrogens (tertiary/aromatic N) is 2. The molecule has 0 unspecified atom stereocenters. The van der Waals surface area contributed by atoms with E-state index in [1.807, 2.05) is 30.5 Å². The maximum absolute atomic E-state index is 4.38. The second-order valence-corrected chi connectivity index (χ2v) is 6.88. The van der Waals surface area contributed by atoms with Gasteiger partial charge in [0.1, 0.15) is 5.82 Å². The summed E-state index contributed by atoms with van der Waals surface area (Å²) in [5.74, 6) is 0.824. The molecule has 0 atom stereocenters. The molecule has 102 valence electrons. The lowest BCUT2D eigenvalue weighted by Gasteiger charge is -2.15. The highest BCUT2D eigenvalue weighted by Crippen LogP contribution is 2.29. The zero-order valence-corrected chi connectivity index (χ0v) is 12.8. The zero-order chi connectivity index (χ0) is 13.9. The van der Waals surface area contributed by atoms with Gasteiger partial charge in [-0.25, -0.2) is 9.97 Å². The van der Waals surface area contributed by atoms with Gasteiger partial charge in [0.2, 0.25) is 0 Å². The van der Waals surface area contributed by atoms with Gasteiger partial charge in [-0.3, -0.25) is 0 Å². The fourth-order valence-electron chi connectivity index (χ4n) is 1.79. The molecule has 2 rings (SSSR count). The molecule has 0 amide bonds. The first kappa shape index (κ1) is 14.2. The standard InChI is InChI=1S/C15H21N3S/c1-11-17-8-7-12(18-11)9-16-10-13-5-6-14(19-13)15(2,3)4/h5-8,16H,9-10H2,1-4H3. The maximum Gasteiger partial charge on any atom is 0.125 e. The second kappa shape index (κ2) is 5.80. The summed E-state index contributed by atoms with van der Waals surface area (Å²) in [5.41, 5.74) is 1.28. The number of nitrogens with one attached hydrogen (secondary N) is 1. The lowest BCUT2D eigenvalue weighted by molar-refractivity contribution is 0.604. The van der Waals surface area contributed by atoms with Crippen LogP contribution in [-0.4, -0.2) is 9.97 Å². The Kier molecular flexibility index (Phi) is 4.32. The SMILES string of the molecule is Cc1nccc(CNCc2ccc(C(C)(C)C)s2)n1. The lowest BCUT2D eigenvalue weighted by atomic mass is 9.95. The first-order valence-corrected chi connectivity index (χ1v) is 7.35. The highest BCUT2D eigenvalue weighted by molar-refractivity contribution is 7.12. The minimum atomic E-state index is 0.243. The summed E-state index contributed by atoms with van der Waals surface area (Å²) in [6.07, 6.45) is 1.81. The van der Waals surface area contributed by atoms with Crippen molar-refractivity contribution in [3.63, 3.8) is 0 Å². The van der Waals surface area contributed by atoms with E-state index in [-0.39, 0.29) is 5.41 Å². The van der Waals surface area contributed by atoms with Gasteiger partial charge < -0.3 is 5.32 Å². The first-order valence-electron chi connectivity index (χ1n) is 6.53. The lowest BCUT2D eigenvalue weighted by Crippen LogP contribution is -2.13. The van der Waals surface area contributed by atoms with Crippen LogP contribution in [0.4, 0.5) is 0 Å². The van der Waals surface area contributed by atoms with Crippen molar-refractivity contribution in [2.24, 2.45) is 0 Å². The average molecular weight is 275 g/mol. The van der Waals surface area contributed by atoms with E-state index in [2.05, 4.69) is 48.2 Å². The van der Waals surface area contributed by atoms with Gasteiger partial charge in [-0.05, 0) is 30.5 Å². The largest absolute Gasteiger partial charge is 0.306 e. The van der Waals surface area contributed by atoms with Crippen molar-refractivity contribution in [1.29, 1.82) is 0 Å². The van der Waals surface area contributed by atoms with Gasteiger partial charge in [0.25, 0.3) is 0 Å². The quantitative estimate of drug-likeness (QED) is 0.929. The van der Waals surface area contributed by atoms with Crippen LogP contribution in [0, 0.1) is 6.92 Å². The number of aromatic nitrogens is 2. The molecule has 1 N–H and O–H groups in total. The Balaban J connectivity index is 1.88. The Labute approximate surface area is 119 Å². The molecule has 3 nitrogen and oxygen atoms in total. The molecule has 4 heteroatoms. The maximum atomic E-state index is 4.38. The number of hydrogen-bond donors (Lipinski definition) is 1. The van der Waals surface area contributed by atoms with Crippen LogP contribution < -0.4 is 5.32 Å². The van der Waals surface area contributed by atoms with E-state index in [1.165, 1.54) is 9.75 Å². The highest BCUT2D eigenvalue weighted by Gasteiger charge is 2.15. The van der Waals surface area contributed by atoms with E-state index in [9.17, 15) is 0 Å². The van der Waals surface area contributed by atoms with Crippen molar-refractivity contribution in [1.82, 2.24) is 15.3 Å². The Morgan fingerprint density at radius 2 is 1.95 bits per heavy atom. The van der Waals surface area contributed by atoms with E-state index in [1.54, 1.807) is 0 Å². The molecule has 0 aliphatic heterocycles. The van der Waals surface area contributed by atoms with Gasteiger partial charge in [-0.1, -0.05) is 20.8 Å². The van der Waals surface area contributed by atoms with Crippen LogP contribution in [-0.2, 0) is 18.5 Å². The smallest absolute Gasteiger partial charge is 0.125 e. The van der Waals surface area contributed by atoms with E-state index in [0.29, 0.717) is 0 Å². The summed E-state index contributed by atoms with van der Waals surface area (Å²) in [6.45, 7) is 10.3. The van der Waals surface area contributed by atoms with Crippen LogP contribution in [0.3, 0.4) is 0 Å². The third kappa shape index (κ3) is 4.11. The third-order valence-corrected chi connectivity index (χ3v) is 4.35. The van der Waals surface area contributed by atoms with Crippen molar-refractivity contribution >= 4 is 11.3 Å². The minimum Gasteiger partial charge on any atom is -0.306 e. The predicted molar refractivity (Wildman–Crippen MR) is 80.3 cm³/mol. The van der Waals surface area contributed by atoms with Crippen molar-refractivity contribution in [2.75, 3.05) is 0 Å². The molecule has 0 aliphatic carbocycles. The summed E-state index contributed by atoms with van der Waals surface area (Å²) >= 11 is 1.88. The molecule has 0 saturated heterocycles. The molecule has 0 radical (unpaired) electrons. The van der Waals surface area contributed by atoms with Crippen LogP contribution in [0.5, 0.6) is 0 Å². The Hall–Kier alpha value is -1.26. The second-order valence-electron chi connectivity index (χ2n) is 5.71. The number of hydrogen-bond acceptors (Lipinski definition) is 4. The molecule has 2 heterocycles. The molecule has 0 aliphatic rings. The van der Waals surface area contributed by atoms with Gasteiger partial charge in [0.15, 0.2) is 0 Å². The van der Waals surface area contributed by atoms with Gasteiger partial charge >= 0.3 is 0 Å². The van der Waals surface area contributed by atoms with Gasteiger partial charge in [0.05, 0.1) is 5.69 Å². The van der Waals surface area contributed by atoms with E-state index in [4.69, 9.17) is 0 Å². The molecule has 0 fully saturated rings. The Morgan fingerprint density at radius 1 is 1.16 bits per heavy atom. The highest BCUT2D eigenvalue weighted by atomic mass is 32.1. The first-order chi connectivity index (χ1) is 8.95. The van der Waals surface area contributed by atoms with Crippen molar-refractivity contribution < 1.29 is 0 Å². The number of thiophene rings is 1. The van der Waals surface area contributed by atoms with E-state index < -0.39 is 0 Å². The van der Waals surface area contributed by atoms with Gasteiger partial charge in [0, 0.05) is 29.0 Å². The van der Waals surface area contributed by atoms with Crippen LogP contribution >= 0.6 is 11.3 Å². The van der Waals surface area contributed by atoms with Gasteiger partial charge in [-0.2, -0.15) is 0 Å². The van der Waals surface area contributed by atoms with E-state index in [0.717, 1.165) is 24.6 Å². The summed E-state index contributed by atoms with van der Waals surface area (Å²) in [7, 11) is 0. The zero-order valence-electron chi connectivity index (χ0n) is 12.0. The van der Waals surface area contributed by atoms with Crippen LogP contribution in [0.15, 0.2) is 24.4 Å². The number of aryl methyl sites for hydroxylation is 1. The minimum absolute atomic E-state index is 0.243. The van der Waals surface area contributed by atoms with Crippen molar-refractivity contribution in [3.8, 4) is 0 Å². The molecule has 0 aromatic carbocycles. The molecule has 0 spiro atoms. The molecule has 2 aromatic rings. The molecule has 19 heavy (non-hydrogen) atoms. The molecular formula is C15H21N3S. The topological polar surface area (TPSA) is 37.8 Å². The van der Waals surface area contributed by atoms with E-state index >= 15 is 0 Å². The van der Waals surface area contributed by atoms with Crippen LogP contribution in [0.2, 0.25) is 0 Å². The van der Waals surface area contributed by atoms with Crippen LogP contribution in [0.1, 0.15) is 42.0 Å². The summed E-state index contributed by atoms with van der Waals surface area (Å²) in [5, 5.41) is 3.43. The van der Waals surface area contributed by atoms with Crippen LogP contribution in [0.25, 0.3) is 0 Å². The predicted octanol–water partition coefficient (Wildman–Crippen LogP) is 3.43. The normalized spacial score (nSPS) is 11.8. The fourth-order valence-corrected chi connectivity index (χ4v) is 2.83. The Morgan fingerprint density at radius 3 is 2.58 bits per heavy atom. The molecule has 0 bridgehead atoms. The number of rotatable bonds is 4. The van der Waals surface area contributed by atoms with Gasteiger partial charge in [-0.15, -0.1) is 11.3 Å². The monoisotopic (exact) mass is 275 g/mol. The average Bonchev–Trinajstić information content (AvgIpc) is 2.77. The molecule has 2 aromatic heterocycles. The summed E-state index contributed by atoms with van der Waals surface area (Å²) in [4.78, 5) is 11.3. The van der Waals surface area contributed by atoms with Crippen molar-refractivity contribution in [3.05, 3.63) is 45.7 Å². The third-order valence-electron chi connectivity index (χ3n) is 2.84. The Bertz CT molecular complexity index is 540. The summed E-state index contributed by atoms with van der Waals surface area (Å²) in [6, 6.07) is 6.40. The molecule has 0 saturated carbocycles. The molecular weight excluding hydrogens is 254 g/mol. The summed E-state index contributed by atoms with van der Waals surface area (Å²) < 4.78 is 0.